The normalized spacial score (nSPS) is 11.4. The first-order valence-corrected chi connectivity index (χ1v) is 6.71. The summed E-state index contributed by atoms with van der Waals surface area (Å²) in [6, 6.07) is 5.44. The monoisotopic (exact) mass is 276 g/mol. The number of halogens is 2. The van der Waals surface area contributed by atoms with E-state index in [1.165, 1.54) is 6.07 Å². The van der Waals surface area contributed by atoms with Crippen molar-refractivity contribution in [1.29, 1.82) is 0 Å². The van der Waals surface area contributed by atoms with E-state index in [4.69, 9.17) is 0 Å². The van der Waals surface area contributed by atoms with Crippen LogP contribution in [0.2, 0.25) is 0 Å². The highest BCUT2D eigenvalue weighted by Gasteiger charge is 2.18. The van der Waals surface area contributed by atoms with Crippen LogP contribution in [0.15, 0.2) is 39.9 Å². The number of hydrogen-bond acceptors (Lipinski definition) is 4. The van der Waals surface area contributed by atoms with Crippen LogP contribution in [0.3, 0.4) is 0 Å². The zero-order valence-corrected chi connectivity index (χ0v) is 9.89. The van der Waals surface area contributed by atoms with Gasteiger partial charge in [0.15, 0.2) is 15.8 Å². The van der Waals surface area contributed by atoms with E-state index in [1.54, 1.807) is 11.4 Å². The fraction of sp³-hybridized carbons (Fsp3) is 0. The molecule has 0 bridgehead atoms. The van der Waals surface area contributed by atoms with E-state index in [9.17, 15) is 17.2 Å². The van der Waals surface area contributed by atoms with Crippen molar-refractivity contribution in [3.8, 4) is 5.75 Å². The molecule has 0 unspecified atom stereocenters. The maximum Gasteiger partial charge on any atom is 0.348 e. The predicted octanol–water partition coefficient (Wildman–Crippen LogP) is 2.79. The Labute approximate surface area is 100 Å². The predicted molar refractivity (Wildman–Crippen MR) is 58.5 cm³/mol. The lowest BCUT2D eigenvalue weighted by atomic mass is 10.3. The third-order valence-corrected chi connectivity index (χ3v) is 4.44. The van der Waals surface area contributed by atoms with Crippen LogP contribution in [-0.4, -0.2) is 8.42 Å². The first-order chi connectivity index (χ1) is 7.99. The van der Waals surface area contributed by atoms with Crippen LogP contribution in [0.4, 0.5) is 8.78 Å². The Morgan fingerprint density at radius 2 is 1.88 bits per heavy atom. The molecule has 0 amide bonds. The molecule has 3 nitrogen and oxygen atoms in total. The van der Waals surface area contributed by atoms with Gasteiger partial charge in [-0.3, -0.25) is 0 Å². The zero-order chi connectivity index (χ0) is 12.5. The van der Waals surface area contributed by atoms with Gasteiger partial charge in [-0.05, 0) is 23.6 Å². The molecule has 0 atom stereocenters. The standard InChI is InChI=1S/C10H6F2O3S2/c11-8-4-3-7(6-9(8)12)15-17(13,14)10-2-1-5-16-10/h1-6H. The molecule has 0 aliphatic rings. The van der Waals surface area contributed by atoms with Crippen molar-refractivity contribution in [1.82, 2.24) is 0 Å². The van der Waals surface area contributed by atoms with Crippen molar-refractivity contribution in [3.63, 3.8) is 0 Å². The van der Waals surface area contributed by atoms with E-state index >= 15 is 0 Å². The van der Waals surface area contributed by atoms with Gasteiger partial charge in [0.05, 0.1) is 0 Å². The van der Waals surface area contributed by atoms with Gasteiger partial charge in [-0.25, -0.2) is 8.78 Å². The lowest BCUT2D eigenvalue weighted by molar-refractivity contribution is 0.473. The molecule has 2 rings (SSSR count). The van der Waals surface area contributed by atoms with Crippen LogP contribution in [0.25, 0.3) is 0 Å². The minimum absolute atomic E-state index is 0.00207. The van der Waals surface area contributed by atoms with Crippen LogP contribution in [0.1, 0.15) is 0 Å². The van der Waals surface area contributed by atoms with Crippen molar-refractivity contribution in [3.05, 3.63) is 47.3 Å². The van der Waals surface area contributed by atoms with Crippen LogP contribution in [-0.2, 0) is 10.1 Å². The molecule has 90 valence electrons. The molecule has 0 saturated carbocycles. The Balaban J connectivity index is 2.30. The second-order valence-electron chi connectivity index (χ2n) is 3.05. The quantitative estimate of drug-likeness (QED) is 0.810. The summed E-state index contributed by atoms with van der Waals surface area (Å²) in [4.78, 5) is 0. The molecule has 0 saturated heterocycles. The molecule has 7 heteroatoms. The highest BCUT2D eigenvalue weighted by molar-refractivity contribution is 7.89. The zero-order valence-electron chi connectivity index (χ0n) is 8.26. The highest BCUT2D eigenvalue weighted by Crippen LogP contribution is 2.23. The van der Waals surface area contributed by atoms with E-state index < -0.39 is 21.8 Å². The number of benzene rings is 1. The van der Waals surface area contributed by atoms with Gasteiger partial charge >= 0.3 is 10.1 Å². The summed E-state index contributed by atoms with van der Waals surface area (Å²) >= 11 is 0.976. The number of hydrogen-bond donors (Lipinski definition) is 0. The molecule has 0 aliphatic heterocycles. The average Bonchev–Trinajstić information content (AvgIpc) is 2.77. The second kappa shape index (κ2) is 4.42. The first kappa shape index (κ1) is 12.0. The maximum atomic E-state index is 12.8. The largest absolute Gasteiger partial charge is 0.378 e. The number of thiophene rings is 1. The smallest absolute Gasteiger partial charge is 0.348 e. The van der Waals surface area contributed by atoms with Gasteiger partial charge in [-0.15, -0.1) is 11.3 Å². The Hall–Kier alpha value is -1.47. The van der Waals surface area contributed by atoms with Gasteiger partial charge in [0, 0.05) is 6.07 Å². The van der Waals surface area contributed by atoms with Crippen molar-refractivity contribution in [2.45, 2.75) is 4.21 Å². The van der Waals surface area contributed by atoms with E-state index in [2.05, 4.69) is 4.18 Å². The molecular formula is C10H6F2O3S2. The summed E-state index contributed by atoms with van der Waals surface area (Å²) < 4.78 is 53.4. The van der Waals surface area contributed by atoms with E-state index in [0.29, 0.717) is 6.07 Å². The van der Waals surface area contributed by atoms with Crippen molar-refractivity contribution < 1.29 is 21.4 Å². The molecule has 1 heterocycles. The molecule has 1 aromatic carbocycles. The Bertz CT molecular complexity index is 621. The molecule has 0 N–H and O–H groups in total. The Morgan fingerprint density at radius 1 is 1.12 bits per heavy atom. The van der Waals surface area contributed by atoms with Crippen LogP contribution in [0, 0.1) is 11.6 Å². The van der Waals surface area contributed by atoms with E-state index in [0.717, 1.165) is 23.5 Å². The SMILES string of the molecule is O=S(=O)(Oc1ccc(F)c(F)c1)c1cccs1. The van der Waals surface area contributed by atoms with Gasteiger partial charge in [-0.1, -0.05) is 6.07 Å². The lowest BCUT2D eigenvalue weighted by Crippen LogP contribution is -2.08. The summed E-state index contributed by atoms with van der Waals surface area (Å²) in [6.45, 7) is 0. The molecule has 0 fully saturated rings. The van der Waals surface area contributed by atoms with Crippen LogP contribution < -0.4 is 4.18 Å². The molecule has 0 spiro atoms. The minimum atomic E-state index is -3.97. The van der Waals surface area contributed by atoms with E-state index in [-0.39, 0.29) is 9.96 Å². The highest BCUT2D eigenvalue weighted by atomic mass is 32.3. The summed E-state index contributed by atoms with van der Waals surface area (Å²) in [7, 11) is -3.97. The second-order valence-corrected chi connectivity index (χ2v) is 5.77. The summed E-state index contributed by atoms with van der Waals surface area (Å²) in [5.74, 6) is -2.49. The number of rotatable bonds is 3. The molecule has 0 aliphatic carbocycles. The van der Waals surface area contributed by atoms with Crippen LogP contribution in [0.5, 0.6) is 5.75 Å². The Morgan fingerprint density at radius 3 is 2.47 bits per heavy atom. The van der Waals surface area contributed by atoms with Gasteiger partial charge in [0.1, 0.15) is 5.75 Å². The van der Waals surface area contributed by atoms with Crippen LogP contribution >= 0.6 is 11.3 Å². The van der Waals surface area contributed by atoms with E-state index in [1.807, 2.05) is 0 Å². The molecular weight excluding hydrogens is 270 g/mol. The van der Waals surface area contributed by atoms with Crippen molar-refractivity contribution >= 4 is 21.5 Å². The summed E-state index contributed by atoms with van der Waals surface area (Å²) in [5, 5.41) is 1.57. The summed E-state index contributed by atoms with van der Waals surface area (Å²) in [6.07, 6.45) is 0. The van der Waals surface area contributed by atoms with Gasteiger partial charge < -0.3 is 4.18 Å². The van der Waals surface area contributed by atoms with Gasteiger partial charge in [0.25, 0.3) is 0 Å². The maximum absolute atomic E-state index is 12.8. The topological polar surface area (TPSA) is 43.4 Å². The molecule has 1 aromatic heterocycles. The molecule has 0 radical (unpaired) electrons. The van der Waals surface area contributed by atoms with Crippen molar-refractivity contribution in [2.24, 2.45) is 0 Å². The van der Waals surface area contributed by atoms with Gasteiger partial charge in [0.2, 0.25) is 0 Å². The van der Waals surface area contributed by atoms with Gasteiger partial charge in [-0.2, -0.15) is 8.42 Å². The molecule has 17 heavy (non-hydrogen) atoms. The molecule has 2 aromatic rings. The average molecular weight is 276 g/mol. The lowest BCUT2D eigenvalue weighted by Gasteiger charge is -2.05. The third-order valence-electron chi connectivity index (χ3n) is 1.84. The summed E-state index contributed by atoms with van der Waals surface area (Å²) in [5.41, 5.74) is 0. The van der Waals surface area contributed by atoms with Crippen molar-refractivity contribution in [2.75, 3.05) is 0 Å². The minimum Gasteiger partial charge on any atom is -0.378 e. The first-order valence-electron chi connectivity index (χ1n) is 4.42. The Kier molecular flexibility index (Phi) is 3.12. The fourth-order valence-electron chi connectivity index (χ4n) is 1.10. The fourth-order valence-corrected chi connectivity index (χ4v) is 2.98. The third kappa shape index (κ3) is 2.62.